The molecule has 23 heavy (non-hydrogen) atoms. The van der Waals surface area contributed by atoms with Gasteiger partial charge >= 0.3 is 6.01 Å². The number of nitrogens with one attached hydrogen (secondary N) is 1. The predicted octanol–water partition coefficient (Wildman–Crippen LogP) is 2.23. The molecule has 7 nitrogen and oxygen atoms in total. The minimum Gasteiger partial charge on any atom is -0.494 e. The number of hydrogen-bond acceptors (Lipinski definition) is 7. The van der Waals surface area contributed by atoms with Crippen LogP contribution in [0.25, 0.3) is 0 Å². The normalized spacial score (nSPS) is 13.7. The van der Waals surface area contributed by atoms with Gasteiger partial charge in [-0.1, -0.05) is 23.3 Å². The number of carbonyl (C=O) groups excluding carboxylic acids is 1. The minimum atomic E-state index is -0.474. The van der Waals surface area contributed by atoms with Gasteiger partial charge in [-0.05, 0) is 12.1 Å². The second-order valence-electron chi connectivity index (χ2n) is 4.57. The van der Waals surface area contributed by atoms with Gasteiger partial charge in [0.25, 0.3) is 5.91 Å². The summed E-state index contributed by atoms with van der Waals surface area (Å²) in [6.07, 6.45) is 1.89. The average molecular weight is 333 g/mol. The molecule has 2 heterocycles. The number of rotatable bonds is 6. The molecule has 0 aliphatic carbocycles. The van der Waals surface area contributed by atoms with Crippen molar-refractivity contribution in [3.05, 3.63) is 48.2 Å². The smallest absolute Gasteiger partial charge is 0.322 e. The summed E-state index contributed by atoms with van der Waals surface area (Å²) in [7, 11) is 0. The molecule has 8 heteroatoms. The largest absolute Gasteiger partial charge is 0.494 e. The molecular formula is C15H15N3O4S. The second-order valence-corrected chi connectivity index (χ2v) is 5.74. The Kier molecular flexibility index (Phi) is 5.15. The molecule has 120 valence electrons. The lowest BCUT2D eigenvalue weighted by atomic mass is 10.4. The maximum absolute atomic E-state index is 11.9. The van der Waals surface area contributed by atoms with Gasteiger partial charge in [-0.2, -0.15) is 0 Å². The van der Waals surface area contributed by atoms with Crippen LogP contribution in [0.5, 0.6) is 0 Å². The Morgan fingerprint density at radius 3 is 2.87 bits per heavy atom. The molecule has 0 unspecified atom stereocenters. The van der Waals surface area contributed by atoms with E-state index >= 15 is 0 Å². The highest BCUT2D eigenvalue weighted by Gasteiger charge is 2.17. The monoisotopic (exact) mass is 333 g/mol. The van der Waals surface area contributed by atoms with Crippen LogP contribution in [0.1, 0.15) is 5.89 Å². The van der Waals surface area contributed by atoms with Crippen molar-refractivity contribution in [1.29, 1.82) is 0 Å². The summed E-state index contributed by atoms with van der Waals surface area (Å²) in [6, 6.07) is 10.1. The SMILES string of the molecule is O=C(Nc1nnc(CCSc2ccccc2)o1)C1=COCCO1. The van der Waals surface area contributed by atoms with Crippen molar-refractivity contribution in [2.75, 3.05) is 24.3 Å². The zero-order valence-corrected chi connectivity index (χ0v) is 13.0. The summed E-state index contributed by atoms with van der Waals surface area (Å²) in [5.74, 6) is 0.898. The number of nitrogens with zero attached hydrogens (tertiary/aromatic N) is 2. The Balaban J connectivity index is 1.48. The third-order valence-electron chi connectivity index (χ3n) is 2.89. The van der Waals surface area contributed by atoms with E-state index in [-0.39, 0.29) is 11.8 Å². The fourth-order valence-corrected chi connectivity index (χ4v) is 2.69. The second kappa shape index (κ2) is 7.68. The van der Waals surface area contributed by atoms with Crippen molar-refractivity contribution in [3.8, 4) is 0 Å². The van der Waals surface area contributed by atoms with Crippen LogP contribution in [-0.4, -0.2) is 35.1 Å². The molecule has 0 saturated carbocycles. The van der Waals surface area contributed by atoms with Gasteiger partial charge in [-0.15, -0.1) is 16.9 Å². The third kappa shape index (κ3) is 4.49. The van der Waals surface area contributed by atoms with Crippen molar-refractivity contribution >= 4 is 23.7 Å². The summed E-state index contributed by atoms with van der Waals surface area (Å²) < 4.78 is 15.6. The van der Waals surface area contributed by atoms with E-state index in [1.807, 2.05) is 30.3 Å². The number of carbonyl (C=O) groups is 1. The summed E-state index contributed by atoms with van der Waals surface area (Å²) in [4.78, 5) is 13.0. The highest BCUT2D eigenvalue weighted by molar-refractivity contribution is 7.99. The third-order valence-corrected chi connectivity index (χ3v) is 3.90. The van der Waals surface area contributed by atoms with Crippen LogP contribution < -0.4 is 5.32 Å². The minimum absolute atomic E-state index is 0.0461. The Labute approximate surface area is 137 Å². The van der Waals surface area contributed by atoms with Crippen LogP contribution >= 0.6 is 11.8 Å². The molecule has 0 radical (unpaired) electrons. The number of amides is 1. The Hall–Kier alpha value is -2.48. The van der Waals surface area contributed by atoms with Crippen molar-refractivity contribution in [2.45, 2.75) is 11.3 Å². The summed E-state index contributed by atoms with van der Waals surface area (Å²) >= 11 is 1.70. The van der Waals surface area contributed by atoms with E-state index in [0.29, 0.717) is 25.5 Å². The topological polar surface area (TPSA) is 86.5 Å². The first-order chi connectivity index (χ1) is 11.3. The molecule has 1 N–H and O–H groups in total. The van der Waals surface area contributed by atoms with Crippen molar-refractivity contribution < 1.29 is 18.7 Å². The maximum Gasteiger partial charge on any atom is 0.322 e. The zero-order chi connectivity index (χ0) is 15.9. The fraction of sp³-hybridized carbons (Fsp3) is 0.267. The molecule has 3 rings (SSSR count). The number of aryl methyl sites for hydroxylation is 1. The first-order valence-corrected chi connectivity index (χ1v) is 8.06. The molecule has 1 aromatic carbocycles. The molecule has 1 aromatic heterocycles. The van der Waals surface area contributed by atoms with Crippen LogP contribution in [0.4, 0.5) is 6.01 Å². The number of thioether (sulfide) groups is 1. The number of ether oxygens (including phenoxy) is 2. The number of anilines is 1. The van der Waals surface area contributed by atoms with Crippen LogP contribution in [0.3, 0.4) is 0 Å². The molecule has 0 saturated heterocycles. The lowest BCUT2D eigenvalue weighted by molar-refractivity contribution is -0.117. The summed E-state index contributed by atoms with van der Waals surface area (Å²) in [5, 5.41) is 10.2. The number of benzene rings is 1. The summed E-state index contributed by atoms with van der Waals surface area (Å²) in [6.45, 7) is 0.769. The molecule has 0 spiro atoms. The molecule has 0 fully saturated rings. The first kappa shape index (κ1) is 15.4. The molecular weight excluding hydrogens is 318 g/mol. The Bertz CT molecular complexity index is 687. The van der Waals surface area contributed by atoms with Crippen LogP contribution in [-0.2, 0) is 20.7 Å². The van der Waals surface area contributed by atoms with Crippen LogP contribution in [0.15, 0.2) is 51.7 Å². The molecule has 2 aromatic rings. The van der Waals surface area contributed by atoms with Crippen LogP contribution in [0, 0.1) is 0 Å². The van der Waals surface area contributed by atoms with Gasteiger partial charge in [0, 0.05) is 17.1 Å². The van der Waals surface area contributed by atoms with E-state index in [2.05, 4.69) is 15.5 Å². The lowest BCUT2D eigenvalue weighted by Gasteiger charge is -2.13. The van der Waals surface area contributed by atoms with Gasteiger partial charge in [0.2, 0.25) is 11.6 Å². The van der Waals surface area contributed by atoms with E-state index in [4.69, 9.17) is 13.9 Å². The van der Waals surface area contributed by atoms with Crippen LogP contribution in [0.2, 0.25) is 0 Å². The molecule has 0 atom stereocenters. The van der Waals surface area contributed by atoms with E-state index < -0.39 is 5.91 Å². The quantitative estimate of drug-likeness (QED) is 0.811. The molecule has 1 amide bonds. The predicted molar refractivity (Wildman–Crippen MR) is 83.8 cm³/mol. The highest BCUT2D eigenvalue weighted by atomic mass is 32.2. The molecule has 1 aliphatic heterocycles. The Morgan fingerprint density at radius 1 is 1.22 bits per heavy atom. The number of aromatic nitrogens is 2. The van der Waals surface area contributed by atoms with Gasteiger partial charge in [-0.25, -0.2) is 0 Å². The zero-order valence-electron chi connectivity index (χ0n) is 12.2. The van der Waals surface area contributed by atoms with E-state index in [9.17, 15) is 4.79 Å². The standard InChI is InChI=1S/C15H15N3O4S/c19-14(12-10-20-7-8-21-12)16-15-18-17-13(22-15)6-9-23-11-4-2-1-3-5-11/h1-5,10H,6-9H2,(H,16,18,19). The summed E-state index contributed by atoms with van der Waals surface area (Å²) in [5.41, 5.74) is 0. The van der Waals surface area contributed by atoms with Gasteiger partial charge in [0.1, 0.15) is 19.5 Å². The van der Waals surface area contributed by atoms with Crippen molar-refractivity contribution in [2.24, 2.45) is 0 Å². The molecule has 1 aliphatic rings. The van der Waals surface area contributed by atoms with E-state index in [1.54, 1.807) is 11.8 Å². The Morgan fingerprint density at radius 2 is 2.09 bits per heavy atom. The average Bonchev–Trinajstić information content (AvgIpc) is 3.04. The highest BCUT2D eigenvalue weighted by Crippen LogP contribution is 2.18. The maximum atomic E-state index is 11.9. The fourth-order valence-electron chi connectivity index (χ4n) is 1.82. The van der Waals surface area contributed by atoms with Gasteiger partial charge in [0.15, 0.2) is 0 Å². The van der Waals surface area contributed by atoms with Gasteiger partial charge < -0.3 is 13.9 Å². The van der Waals surface area contributed by atoms with Gasteiger partial charge in [0.05, 0.1) is 0 Å². The van der Waals surface area contributed by atoms with E-state index in [1.165, 1.54) is 11.2 Å². The van der Waals surface area contributed by atoms with Gasteiger partial charge in [-0.3, -0.25) is 10.1 Å². The number of hydrogen-bond donors (Lipinski definition) is 1. The van der Waals surface area contributed by atoms with Crippen molar-refractivity contribution in [1.82, 2.24) is 10.2 Å². The van der Waals surface area contributed by atoms with E-state index in [0.717, 1.165) is 5.75 Å². The lowest BCUT2D eigenvalue weighted by Crippen LogP contribution is -2.21. The van der Waals surface area contributed by atoms with Crippen molar-refractivity contribution in [3.63, 3.8) is 0 Å². The first-order valence-electron chi connectivity index (χ1n) is 7.07. The molecule has 0 bridgehead atoms.